The van der Waals surface area contributed by atoms with Crippen LogP contribution in [-0.2, 0) is 0 Å². The highest BCUT2D eigenvalue weighted by Gasteiger charge is 2.16. The van der Waals surface area contributed by atoms with E-state index >= 15 is 0 Å². The number of aromatic nitrogens is 2. The Bertz CT molecular complexity index is 524. The first-order valence-corrected chi connectivity index (χ1v) is 6.03. The topological polar surface area (TPSA) is 42.9 Å². The van der Waals surface area contributed by atoms with Crippen LogP contribution in [0.4, 0.5) is 0 Å². The zero-order chi connectivity index (χ0) is 10.3. The van der Waals surface area contributed by atoms with Gasteiger partial charge in [0.15, 0.2) is 6.29 Å². The molecule has 72 valence electrons. The third kappa shape index (κ3) is 1.32. The van der Waals surface area contributed by atoms with Crippen LogP contribution in [0.3, 0.4) is 0 Å². The van der Waals surface area contributed by atoms with Crippen molar-refractivity contribution in [1.82, 2.24) is 8.75 Å². The van der Waals surface area contributed by atoms with Crippen molar-refractivity contribution in [3.8, 4) is 0 Å². The number of hydrogen-bond acceptors (Lipinski definition) is 4. The van der Waals surface area contributed by atoms with Gasteiger partial charge in [-0.25, -0.2) is 0 Å². The molecular weight excluding hydrogens is 332 g/mol. The number of hydrogen-bond donors (Lipinski definition) is 0. The molecule has 0 spiro atoms. The largest absolute Gasteiger partial charge is 0.298 e. The van der Waals surface area contributed by atoms with Crippen LogP contribution in [0, 0.1) is 6.92 Å². The lowest BCUT2D eigenvalue weighted by Crippen LogP contribution is -1.92. The van der Waals surface area contributed by atoms with Crippen LogP contribution in [0.1, 0.15) is 15.9 Å². The predicted octanol–water partition coefficient (Wildman–Crippen LogP) is 3.34. The molecule has 2 rings (SSSR count). The quantitative estimate of drug-likeness (QED) is 0.751. The first kappa shape index (κ1) is 10.2. The van der Waals surface area contributed by atoms with Gasteiger partial charge in [0.2, 0.25) is 0 Å². The summed E-state index contributed by atoms with van der Waals surface area (Å²) in [5, 5.41) is 0. The van der Waals surface area contributed by atoms with Gasteiger partial charge in [0.25, 0.3) is 0 Å². The van der Waals surface area contributed by atoms with Gasteiger partial charge >= 0.3 is 0 Å². The number of rotatable bonds is 1. The van der Waals surface area contributed by atoms with Crippen molar-refractivity contribution < 1.29 is 4.79 Å². The Hall–Kier alpha value is -0.330. The maximum Gasteiger partial charge on any atom is 0.151 e. The molecule has 0 fully saturated rings. The summed E-state index contributed by atoms with van der Waals surface area (Å²) >= 11 is 7.90. The van der Waals surface area contributed by atoms with Gasteiger partial charge in [0.1, 0.15) is 11.0 Å². The molecule has 1 aromatic carbocycles. The fraction of sp³-hybridized carbons (Fsp3) is 0.125. The highest BCUT2D eigenvalue weighted by Crippen LogP contribution is 2.34. The maximum atomic E-state index is 10.9. The summed E-state index contributed by atoms with van der Waals surface area (Å²) in [5.41, 5.74) is 3.03. The van der Waals surface area contributed by atoms with E-state index in [1.807, 2.05) is 6.92 Å². The monoisotopic (exact) mass is 334 g/mol. The summed E-state index contributed by atoms with van der Waals surface area (Å²) in [7, 11) is 0. The molecule has 0 amide bonds. The molecule has 0 bridgehead atoms. The van der Waals surface area contributed by atoms with Crippen molar-refractivity contribution in [2.45, 2.75) is 6.92 Å². The van der Waals surface area contributed by atoms with E-state index in [0.717, 1.165) is 43.6 Å². The Morgan fingerprint density at radius 2 is 1.79 bits per heavy atom. The molecule has 3 nitrogen and oxygen atoms in total. The van der Waals surface area contributed by atoms with Crippen molar-refractivity contribution in [2.75, 3.05) is 0 Å². The van der Waals surface area contributed by atoms with Gasteiger partial charge in [-0.2, -0.15) is 8.75 Å². The summed E-state index contributed by atoms with van der Waals surface area (Å²) in [6.07, 6.45) is 0.822. The minimum absolute atomic E-state index is 0.622. The van der Waals surface area contributed by atoms with Crippen LogP contribution < -0.4 is 0 Å². The molecule has 6 heteroatoms. The molecule has 14 heavy (non-hydrogen) atoms. The van der Waals surface area contributed by atoms with Crippen molar-refractivity contribution in [3.63, 3.8) is 0 Å². The number of carbonyl (C=O) groups excluding carboxylic acids is 1. The Balaban J connectivity index is 3.01. The number of fused-ring (bicyclic) bond motifs is 1. The Kier molecular flexibility index (Phi) is 2.68. The Labute approximate surface area is 101 Å². The SMILES string of the molecule is Cc1c(C=O)c(Br)c2nsnc2c1Br. The molecular formula is C8H4Br2N2OS. The fourth-order valence-corrected chi connectivity index (χ4v) is 3.16. The average Bonchev–Trinajstić information content (AvgIpc) is 2.64. The zero-order valence-corrected chi connectivity index (χ0v) is 11.0. The molecule has 1 heterocycles. The lowest BCUT2D eigenvalue weighted by atomic mass is 10.1. The first-order chi connectivity index (χ1) is 6.66. The lowest BCUT2D eigenvalue weighted by molar-refractivity contribution is 0.112. The van der Waals surface area contributed by atoms with E-state index < -0.39 is 0 Å². The van der Waals surface area contributed by atoms with Crippen LogP contribution in [0.15, 0.2) is 8.95 Å². The van der Waals surface area contributed by atoms with E-state index in [-0.39, 0.29) is 0 Å². The van der Waals surface area contributed by atoms with Gasteiger partial charge in [-0.1, -0.05) is 0 Å². The molecule has 0 aliphatic carbocycles. The second-order valence-electron chi connectivity index (χ2n) is 2.75. The van der Waals surface area contributed by atoms with Gasteiger partial charge in [0, 0.05) is 5.56 Å². The van der Waals surface area contributed by atoms with E-state index in [0.29, 0.717) is 5.56 Å². The Morgan fingerprint density at radius 3 is 2.36 bits per heavy atom. The van der Waals surface area contributed by atoms with Crippen molar-refractivity contribution >= 4 is 60.9 Å². The van der Waals surface area contributed by atoms with Crippen molar-refractivity contribution in [1.29, 1.82) is 0 Å². The molecule has 0 radical (unpaired) electrons. The van der Waals surface area contributed by atoms with Gasteiger partial charge in [0.05, 0.1) is 20.7 Å². The summed E-state index contributed by atoms with van der Waals surface area (Å²) < 4.78 is 9.84. The third-order valence-corrected chi connectivity index (χ3v) is 4.29. The molecule has 0 N–H and O–H groups in total. The maximum absolute atomic E-state index is 10.9. The first-order valence-electron chi connectivity index (χ1n) is 3.71. The van der Waals surface area contributed by atoms with Crippen LogP contribution in [0.25, 0.3) is 11.0 Å². The molecule has 0 aliphatic rings. The number of halogens is 2. The average molecular weight is 336 g/mol. The molecule has 0 atom stereocenters. The minimum atomic E-state index is 0.622. The van der Waals surface area contributed by atoms with Gasteiger partial charge in [-0.05, 0) is 44.3 Å². The predicted molar refractivity (Wildman–Crippen MR) is 62.9 cm³/mol. The molecule has 1 aromatic heterocycles. The van der Waals surface area contributed by atoms with Gasteiger partial charge in [-0.3, -0.25) is 4.79 Å². The second kappa shape index (κ2) is 3.67. The molecule has 0 saturated heterocycles. The highest BCUT2D eigenvalue weighted by atomic mass is 79.9. The number of nitrogens with zero attached hydrogens (tertiary/aromatic N) is 2. The lowest BCUT2D eigenvalue weighted by Gasteiger charge is -2.04. The zero-order valence-electron chi connectivity index (χ0n) is 7.04. The van der Waals surface area contributed by atoms with E-state index in [9.17, 15) is 4.79 Å². The van der Waals surface area contributed by atoms with Gasteiger partial charge in [-0.15, -0.1) is 0 Å². The third-order valence-electron chi connectivity index (χ3n) is 1.99. The highest BCUT2D eigenvalue weighted by molar-refractivity contribution is 9.11. The molecule has 0 saturated carbocycles. The molecule has 2 aromatic rings. The molecule has 0 aliphatic heterocycles. The van der Waals surface area contributed by atoms with E-state index in [1.165, 1.54) is 0 Å². The number of aldehydes is 1. The summed E-state index contributed by atoms with van der Waals surface area (Å²) in [5.74, 6) is 0. The molecule has 0 unspecified atom stereocenters. The van der Waals surface area contributed by atoms with Crippen LogP contribution in [0.5, 0.6) is 0 Å². The van der Waals surface area contributed by atoms with Crippen LogP contribution in [-0.4, -0.2) is 15.0 Å². The van der Waals surface area contributed by atoms with E-state index in [1.54, 1.807) is 0 Å². The normalized spacial score (nSPS) is 10.8. The summed E-state index contributed by atoms with van der Waals surface area (Å²) in [6, 6.07) is 0. The van der Waals surface area contributed by atoms with E-state index in [2.05, 4.69) is 40.6 Å². The second-order valence-corrected chi connectivity index (χ2v) is 4.86. The fourth-order valence-electron chi connectivity index (χ4n) is 1.20. The summed E-state index contributed by atoms with van der Waals surface area (Å²) in [6.45, 7) is 1.87. The summed E-state index contributed by atoms with van der Waals surface area (Å²) in [4.78, 5) is 10.9. The standard InChI is InChI=1S/C8H4Br2N2OS/c1-3-4(2-13)6(10)8-7(5(3)9)11-14-12-8/h2H,1H3. The van der Waals surface area contributed by atoms with Crippen LogP contribution in [0.2, 0.25) is 0 Å². The van der Waals surface area contributed by atoms with E-state index in [4.69, 9.17) is 0 Å². The van der Waals surface area contributed by atoms with Crippen LogP contribution >= 0.6 is 43.6 Å². The van der Waals surface area contributed by atoms with Crippen molar-refractivity contribution in [3.05, 3.63) is 20.1 Å². The Morgan fingerprint density at radius 1 is 1.21 bits per heavy atom. The number of benzene rings is 1. The minimum Gasteiger partial charge on any atom is -0.298 e. The smallest absolute Gasteiger partial charge is 0.151 e. The van der Waals surface area contributed by atoms with Crippen molar-refractivity contribution in [2.24, 2.45) is 0 Å². The van der Waals surface area contributed by atoms with Gasteiger partial charge < -0.3 is 0 Å². The number of carbonyl (C=O) groups is 1.